The van der Waals surface area contributed by atoms with Gasteiger partial charge in [-0.2, -0.15) is 0 Å². The van der Waals surface area contributed by atoms with Crippen LogP contribution in [0.5, 0.6) is 0 Å². The van der Waals surface area contributed by atoms with Crippen molar-refractivity contribution in [2.24, 2.45) is 5.41 Å². The van der Waals surface area contributed by atoms with E-state index in [0.717, 1.165) is 6.61 Å². The van der Waals surface area contributed by atoms with Crippen LogP contribution in [0.1, 0.15) is 52.4 Å². The Labute approximate surface area is 93.8 Å². The molecule has 1 N–H and O–H groups in total. The number of ether oxygens (including phenoxy) is 1. The number of rotatable bonds is 5. The Morgan fingerprint density at radius 1 is 1.40 bits per heavy atom. The second-order valence-corrected chi connectivity index (χ2v) is 5.69. The molecular weight excluding hydrogens is 186 g/mol. The highest BCUT2D eigenvalue weighted by molar-refractivity contribution is 4.91. The lowest BCUT2D eigenvalue weighted by Gasteiger charge is -2.31. The van der Waals surface area contributed by atoms with Gasteiger partial charge in [-0.25, -0.2) is 0 Å². The van der Waals surface area contributed by atoms with Gasteiger partial charge in [-0.3, -0.25) is 0 Å². The second-order valence-electron chi connectivity index (χ2n) is 5.69. The zero-order valence-corrected chi connectivity index (χ0v) is 10.2. The van der Waals surface area contributed by atoms with Crippen LogP contribution < -0.4 is 5.32 Å². The molecule has 1 aliphatic heterocycles. The maximum absolute atomic E-state index is 5.76. The van der Waals surface area contributed by atoms with Crippen LogP contribution in [-0.2, 0) is 4.74 Å². The molecule has 15 heavy (non-hydrogen) atoms. The van der Waals surface area contributed by atoms with Crippen LogP contribution in [0, 0.1) is 5.41 Å². The lowest BCUT2D eigenvalue weighted by molar-refractivity contribution is -0.00377. The minimum atomic E-state index is 0.522. The van der Waals surface area contributed by atoms with E-state index < -0.39 is 0 Å². The van der Waals surface area contributed by atoms with Crippen LogP contribution >= 0.6 is 0 Å². The molecule has 2 atom stereocenters. The second kappa shape index (κ2) is 4.84. The first kappa shape index (κ1) is 11.4. The van der Waals surface area contributed by atoms with Crippen molar-refractivity contribution in [3.8, 4) is 0 Å². The maximum Gasteiger partial charge on any atom is 0.0589 e. The summed E-state index contributed by atoms with van der Waals surface area (Å²) in [4.78, 5) is 0. The molecule has 1 aliphatic carbocycles. The molecule has 2 fully saturated rings. The minimum Gasteiger partial charge on any atom is -0.378 e. The Morgan fingerprint density at radius 3 is 2.87 bits per heavy atom. The molecule has 2 unspecified atom stereocenters. The summed E-state index contributed by atoms with van der Waals surface area (Å²) in [5.74, 6) is 0. The van der Waals surface area contributed by atoms with Crippen molar-refractivity contribution >= 4 is 0 Å². The maximum atomic E-state index is 5.76. The van der Waals surface area contributed by atoms with E-state index in [2.05, 4.69) is 19.2 Å². The Morgan fingerprint density at radius 2 is 2.20 bits per heavy atom. The van der Waals surface area contributed by atoms with Gasteiger partial charge in [-0.05, 0) is 37.5 Å². The van der Waals surface area contributed by atoms with Gasteiger partial charge in [0.05, 0.1) is 6.10 Å². The highest BCUT2D eigenvalue weighted by Gasteiger charge is 2.37. The summed E-state index contributed by atoms with van der Waals surface area (Å²) in [5.41, 5.74) is 0.637. The highest BCUT2D eigenvalue weighted by atomic mass is 16.5. The first-order valence-corrected chi connectivity index (χ1v) is 6.57. The van der Waals surface area contributed by atoms with E-state index in [4.69, 9.17) is 4.74 Å². The molecule has 2 rings (SSSR count). The van der Waals surface area contributed by atoms with E-state index in [9.17, 15) is 0 Å². The van der Waals surface area contributed by atoms with Crippen molar-refractivity contribution in [1.29, 1.82) is 0 Å². The molecule has 0 amide bonds. The molecule has 2 aliphatic rings. The molecule has 2 nitrogen and oxygen atoms in total. The molecule has 0 radical (unpaired) electrons. The quantitative estimate of drug-likeness (QED) is 0.755. The molecule has 88 valence electrons. The van der Waals surface area contributed by atoms with E-state index in [1.807, 2.05) is 0 Å². The van der Waals surface area contributed by atoms with Crippen molar-refractivity contribution < 1.29 is 4.74 Å². The van der Waals surface area contributed by atoms with Crippen LogP contribution in [0.3, 0.4) is 0 Å². The van der Waals surface area contributed by atoms with Gasteiger partial charge in [0.15, 0.2) is 0 Å². The molecule has 0 aromatic carbocycles. The predicted molar refractivity (Wildman–Crippen MR) is 63.0 cm³/mol. The molecule has 1 saturated heterocycles. The zero-order valence-electron chi connectivity index (χ0n) is 10.2. The molecule has 1 heterocycles. The summed E-state index contributed by atoms with van der Waals surface area (Å²) >= 11 is 0. The fourth-order valence-electron chi connectivity index (χ4n) is 2.37. The van der Waals surface area contributed by atoms with Crippen molar-refractivity contribution in [3.63, 3.8) is 0 Å². The third kappa shape index (κ3) is 3.46. The standard InChI is InChI=1S/C13H25NO/c1-3-4-12-9-11(5-8-15-12)14-10-13(2)6-7-13/h11-12,14H,3-10H2,1-2H3. The van der Waals surface area contributed by atoms with Crippen molar-refractivity contribution in [2.75, 3.05) is 13.2 Å². The van der Waals surface area contributed by atoms with Crippen LogP contribution in [0.4, 0.5) is 0 Å². The minimum absolute atomic E-state index is 0.522. The molecule has 0 spiro atoms. The number of hydrogen-bond acceptors (Lipinski definition) is 2. The molecular formula is C13H25NO. The van der Waals surface area contributed by atoms with Gasteiger partial charge in [-0.1, -0.05) is 20.3 Å². The SMILES string of the molecule is CCCC1CC(NCC2(C)CC2)CCO1. The van der Waals surface area contributed by atoms with Gasteiger partial charge in [0.1, 0.15) is 0 Å². The first-order valence-electron chi connectivity index (χ1n) is 6.57. The largest absolute Gasteiger partial charge is 0.378 e. The van der Waals surface area contributed by atoms with E-state index in [0.29, 0.717) is 17.6 Å². The van der Waals surface area contributed by atoms with Gasteiger partial charge in [0.25, 0.3) is 0 Å². The van der Waals surface area contributed by atoms with Gasteiger partial charge in [-0.15, -0.1) is 0 Å². The lowest BCUT2D eigenvalue weighted by atomic mass is 9.99. The van der Waals surface area contributed by atoms with Crippen LogP contribution in [-0.4, -0.2) is 25.3 Å². The molecule has 0 aromatic rings. The lowest BCUT2D eigenvalue weighted by Crippen LogP contribution is -2.41. The third-order valence-electron chi connectivity index (χ3n) is 3.90. The Bertz CT molecular complexity index is 199. The molecule has 2 heteroatoms. The Kier molecular flexibility index (Phi) is 3.68. The summed E-state index contributed by atoms with van der Waals surface area (Å²) in [5, 5.41) is 3.73. The average Bonchev–Trinajstić information content (AvgIpc) is 2.96. The van der Waals surface area contributed by atoms with Crippen molar-refractivity contribution in [2.45, 2.75) is 64.5 Å². The molecule has 1 saturated carbocycles. The fourth-order valence-corrected chi connectivity index (χ4v) is 2.37. The summed E-state index contributed by atoms with van der Waals surface area (Å²) in [6.45, 7) is 6.81. The van der Waals surface area contributed by atoms with Crippen LogP contribution in [0.2, 0.25) is 0 Å². The number of hydrogen-bond donors (Lipinski definition) is 1. The van der Waals surface area contributed by atoms with E-state index in [1.165, 1.54) is 45.1 Å². The topological polar surface area (TPSA) is 21.3 Å². The third-order valence-corrected chi connectivity index (χ3v) is 3.90. The predicted octanol–water partition coefficient (Wildman–Crippen LogP) is 2.72. The van der Waals surface area contributed by atoms with Crippen LogP contribution in [0.25, 0.3) is 0 Å². The van der Waals surface area contributed by atoms with Gasteiger partial charge in [0.2, 0.25) is 0 Å². The van der Waals surface area contributed by atoms with Crippen molar-refractivity contribution in [1.82, 2.24) is 5.32 Å². The first-order chi connectivity index (χ1) is 7.22. The Hall–Kier alpha value is -0.0800. The molecule has 0 bridgehead atoms. The fraction of sp³-hybridized carbons (Fsp3) is 1.00. The smallest absolute Gasteiger partial charge is 0.0589 e. The number of nitrogens with one attached hydrogen (secondary N) is 1. The average molecular weight is 211 g/mol. The summed E-state index contributed by atoms with van der Waals surface area (Å²) in [6, 6.07) is 0.715. The summed E-state index contributed by atoms with van der Waals surface area (Å²) in [6.07, 6.45) is 8.27. The van der Waals surface area contributed by atoms with Gasteiger partial charge < -0.3 is 10.1 Å². The van der Waals surface area contributed by atoms with Gasteiger partial charge >= 0.3 is 0 Å². The van der Waals surface area contributed by atoms with Crippen molar-refractivity contribution in [3.05, 3.63) is 0 Å². The molecule has 0 aromatic heterocycles. The summed E-state index contributed by atoms with van der Waals surface area (Å²) in [7, 11) is 0. The normalized spacial score (nSPS) is 34.0. The van der Waals surface area contributed by atoms with Gasteiger partial charge in [0, 0.05) is 19.2 Å². The highest BCUT2D eigenvalue weighted by Crippen LogP contribution is 2.44. The van der Waals surface area contributed by atoms with E-state index in [1.54, 1.807) is 0 Å². The van der Waals surface area contributed by atoms with Crippen LogP contribution in [0.15, 0.2) is 0 Å². The summed E-state index contributed by atoms with van der Waals surface area (Å²) < 4.78 is 5.76. The zero-order chi connectivity index (χ0) is 10.7. The van der Waals surface area contributed by atoms with E-state index in [-0.39, 0.29) is 0 Å². The Balaban J connectivity index is 1.67. The monoisotopic (exact) mass is 211 g/mol. The van der Waals surface area contributed by atoms with E-state index >= 15 is 0 Å².